The summed E-state index contributed by atoms with van der Waals surface area (Å²) in [5.41, 5.74) is 3.44. The topological polar surface area (TPSA) is 63.4 Å². The summed E-state index contributed by atoms with van der Waals surface area (Å²) in [4.78, 5) is 15.1. The van der Waals surface area contributed by atoms with Crippen molar-refractivity contribution in [1.29, 1.82) is 0 Å². The summed E-state index contributed by atoms with van der Waals surface area (Å²) in [5, 5.41) is 4.48. The van der Waals surface area contributed by atoms with E-state index in [0.29, 0.717) is 6.54 Å². The van der Waals surface area contributed by atoms with E-state index < -0.39 is 0 Å². The second-order valence-corrected chi connectivity index (χ2v) is 6.27. The molecule has 0 aliphatic heterocycles. The average Bonchev–Trinajstić information content (AvgIpc) is 3.12. The fraction of sp³-hybridized carbons (Fsp3) is 0.286. The lowest BCUT2D eigenvalue weighted by atomic mass is 9.90. The van der Waals surface area contributed by atoms with E-state index in [1.807, 2.05) is 37.4 Å². The number of nitrogens with one attached hydrogen (secondary N) is 2. The molecule has 0 aliphatic carbocycles. The second kappa shape index (κ2) is 8.06. The summed E-state index contributed by atoms with van der Waals surface area (Å²) in [6, 6.07) is 15.9. The van der Waals surface area contributed by atoms with Gasteiger partial charge in [-0.25, -0.2) is 0 Å². The summed E-state index contributed by atoms with van der Waals surface area (Å²) in [5.74, 6) is 0.642. The number of aromatic nitrogens is 1. The van der Waals surface area contributed by atoms with Gasteiger partial charge in [0.1, 0.15) is 11.8 Å². The molecule has 5 heteroatoms. The quantitative estimate of drug-likeness (QED) is 0.639. The Bertz CT molecular complexity index is 870. The second-order valence-electron chi connectivity index (χ2n) is 6.27. The van der Waals surface area contributed by atoms with Gasteiger partial charge in [-0.2, -0.15) is 0 Å². The molecule has 2 N–H and O–H groups in total. The molecule has 2 aromatic carbocycles. The molecule has 1 heterocycles. The highest BCUT2D eigenvalue weighted by molar-refractivity contribution is 5.84. The van der Waals surface area contributed by atoms with Crippen LogP contribution in [-0.2, 0) is 9.53 Å². The van der Waals surface area contributed by atoms with Gasteiger partial charge >= 0.3 is 5.97 Å². The molecule has 0 saturated heterocycles. The van der Waals surface area contributed by atoms with Crippen LogP contribution < -0.4 is 10.1 Å². The zero-order chi connectivity index (χ0) is 18.5. The molecule has 2 atom stereocenters. The first-order valence-electron chi connectivity index (χ1n) is 8.65. The van der Waals surface area contributed by atoms with Crippen molar-refractivity contribution >= 4 is 16.9 Å². The lowest BCUT2D eigenvalue weighted by Gasteiger charge is -2.20. The molecule has 0 bridgehead atoms. The molecule has 3 rings (SSSR count). The average molecular weight is 352 g/mol. The third-order valence-corrected chi connectivity index (χ3v) is 4.70. The van der Waals surface area contributed by atoms with E-state index >= 15 is 0 Å². The number of H-pyrrole nitrogens is 1. The first kappa shape index (κ1) is 18.0. The van der Waals surface area contributed by atoms with Crippen LogP contribution in [0.3, 0.4) is 0 Å². The molecule has 136 valence electrons. The van der Waals surface area contributed by atoms with Crippen molar-refractivity contribution in [3.05, 3.63) is 65.9 Å². The largest absolute Gasteiger partial charge is 0.497 e. The van der Waals surface area contributed by atoms with Gasteiger partial charge in [-0.1, -0.05) is 30.3 Å². The minimum absolute atomic E-state index is 0.0872. The van der Waals surface area contributed by atoms with Crippen LogP contribution in [0.25, 0.3) is 10.9 Å². The van der Waals surface area contributed by atoms with E-state index in [4.69, 9.17) is 9.47 Å². The van der Waals surface area contributed by atoms with Crippen molar-refractivity contribution in [2.75, 3.05) is 20.8 Å². The maximum Gasteiger partial charge on any atom is 0.322 e. The highest BCUT2D eigenvalue weighted by Crippen LogP contribution is 2.31. The number of hydrogen-bond donors (Lipinski definition) is 2. The molecule has 1 aromatic heterocycles. The molecule has 0 aliphatic rings. The summed E-state index contributed by atoms with van der Waals surface area (Å²) < 4.78 is 10.1. The van der Waals surface area contributed by atoms with Crippen molar-refractivity contribution in [1.82, 2.24) is 10.3 Å². The Morgan fingerprint density at radius 2 is 1.85 bits per heavy atom. The molecule has 0 fully saturated rings. The number of carbonyl (C=O) groups is 1. The van der Waals surface area contributed by atoms with Crippen molar-refractivity contribution in [2.45, 2.75) is 18.9 Å². The zero-order valence-electron chi connectivity index (χ0n) is 15.3. The van der Waals surface area contributed by atoms with Crippen LogP contribution in [0.4, 0.5) is 0 Å². The van der Waals surface area contributed by atoms with Gasteiger partial charge in [0.25, 0.3) is 0 Å². The van der Waals surface area contributed by atoms with Gasteiger partial charge in [-0.3, -0.25) is 4.79 Å². The standard InChI is InChI=1S/C21H24N2O3/c1-14(21(24)26-3)22-12-18(15-8-10-16(25-2)11-9-15)19-13-23-20-7-5-4-6-17(19)20/h4-11,13-14,18,22-23H,12H2,1-3H3/t14-,18-/m1/s1. The normalized spacial score (nSPS) is 13.3. The predicted octanol–water partition coefficient (Wildman–Crippen LogP) is 3.46. The molecule has 3 aromatic rings. The molecule has 0 unspecified atom stereocenters. The fourth-order valence-electron chi connectivity index (χ4n) is 3.18. The first-order valence-corrected chi connectivity index (χ1v) is 8.65. The van der Waals surface area contributed by atoms with Gasteiger partial charge in [-0.15, -0.1) is 0 Å². The minimum atomic E-state index is -0.369. The number of rotatable bonds is 7. The van der Waals surface area contributed by atoms with Gasteiger partial charge < -0.3 is 19.8 Å². The van der Waals surface area contributed by atoms with Crippen molar-refractivity contribution < 1.29 is 14.3 Å². The molecular formula is C21H24N2O3. The first-order chi connectivity index (χ1) is 12.6. The zero-order valence-corrected chi connectivity index (χ0v) is 15.3. The number of fused-ring (bicyclic) bond motifs is 1. The smallest absolute Gasteiger partial charge is 0.322 e. The number of esters is 1. The van der Waals surface area contributed by atoms with E-state index in [1.54, 1.807) is 7.11 Å². The number of para-hydroxylation sites is 1. The third kappa shape index (κ3) is 3.73. The lowest BCUT2D eigenvalue weighted by molar-refractivity contribution is -0.142. The number of aromatic amines is 1. The third-order valence-electron chi connectivity index (χ3n) is 4.70. The fourth-order valence-corrected chi connectivity index (χ4v) is 3.18. The molecule has 5 nitrogen and oxygen atoms in total. The summed E-state index contributed by atoms with van der Waals surface area (Å²) in [6.07, 6.45) is 2.05. The Hall–Kier alpha value is -2.79. The van der Waals surface area contributed by atoms with Crippen LogP contribution in [0.5, 0.6) is 5.75 Å². The lowest BCUT2D eigenvalue weighted by Crippen LogP contribution is -2.37. The SMILES string of the molecule is COC(=O)[C@@H](C)NC[C@H](c1ccc(OC)cc1)c1c[nH]c2ccccc12. The van der Waals surface area contributed by atoms with Gasteiger partial charge in [0.05, 0.1) is 14.2 Å². The Morgan fingerprint density at radius 1 is 1.12 bits per heavy atom. The van der Waals surface area contributed by atoms with Crippen LogP contribution in [0.2, 0.25) is 0 Å². The van der Waals surface area contributed by atoms with Gasteiger partial charge in [0, 0.05) is 29.6 Å². The van der Waals surface area contributed by atoms with E-state index in [2.05, 4.69) is 34.6 Å². The Labute approximate surface area is 153 Å². The van der Waals surface area contributed by atoms with Gasteiger partial charge in [0.15, 0.2) is 0 Å². The molecule has 0 spiro atoms. The predicted molar refractivity (Wildman–Crippen MR) is 103 cm³/mol. The molecule has 26 heavy (non-hydrogen) atoms. The number of benzene rings is 2. The van der Waals surface area contributed by atoms with Crippen molar-refractivity contribution in [2.24, 2.45) is 0 Å². The van der Waals surface area contributed by atoms with Crippen molar-refractivity contribution in [3.63, 3.8) is 0 Å². The molecule has 0 saturated carbocycles. The van der Waals surface area contributed by atoms with E-state index in [1.165, 1.54) is 18.1 Å². The maximum atomic E-state index is 11.7. The van der Waals surface area contributed by atoms with Crippen LogP contribution >= 0.6 is 0 Å². The molecule has 0 amide bonds. The number of methoxy groups -OCH3 is 2. The van der Waals surface area contributed by atoms with E-state index in [9.17, 15) is 4.79 Å². The summed E-state index contributed by atoms with van der Waals surface area (Å²) in [7, 11) is 3.06. The minimum Gasteiger partial charge on any atom is -0.497 e. The van der Waals surface area contributed by atoms with Crippen LogP contribution in [-0.4, -0.2) is 37.8 Å². The van der Waals surface area contributed by atoms with Gasteiger partial charge in [-0.05, 0) is 36.2 Å². The summed E-state index contributed by atoms with van der Waals surface area (Å²) >= 11 is 0. The number of hydrogen-bond acceptors (Lipinski definition) is 4. The van der Waals surface area contributed by atoms with E-state index in [0.717, 1.165) is 16.8 Å². The maximum absolute atomic E-state index is 11.7. The molecular weight excluding hydrogens is 328 g/mol. The van der Waals surface area contributed by atoms with Crippen LogP contribution in [0, 0.1) is 0 Å². The summed E-state index contributed by atoms with van der Waals surface area (Å²) in [6.45, 7) is 2.43. The number of carbonyl (C=O) groups excluding carboxylic acids is 1. The van der Waals surface area contributed by atoms with Crippen LogP contribution in [0.1, 0.15) is 24.0 Å². The molecule has 0 radical (unpaired) electrons. The highest BCUT2D eigenvalue weighted by Gasteiger charge is 2.21. The van der Waals surface area contributed by atoms with Gasteiger partial charge in [0.2, 0.25) is 0 Å². The van der Waals surface area contributed by atoms with E-state index in [-0.39, 0.29) is 17.9 Å². The highest BCUT2D eigenvalue weighted by atomic mass is 16.5. The Morgan fingerprint density at radius 3 is 2.54 bits per heavy atom. The Kier molecular flexibility index (Phi) is 5.58. The Balaban J connectivity index is 1.94. The van der Waals surface area contributed by atoms with Crippen LogP contribution in [0.15, 0.2) is 54.7 Å². The van der Waals surface area contributed by atoms with Crippen molar-refractivity contribution in [3.8, 4) is 5.75 Å². The monoisotopic (exact) mass is 352 g/mol. The number of ether oxygens (including phenoxy) is 2.